The van der Waals surface area contributed by atoms with Gasteiger partial charge in [0.25, 0.3) is 5.91 Å². The van der Waals surface area contributed by atoms with E-state index >= 15 is 0 Å². The van der Waals surface area contributed by atoms with Crippen molar-refractivity contribution in [2.24, 2.45) is 0 Å². The first-order valence-electron chi connectivity index (χ1n) is 8.72. The third kappa shape index (κ3) is 3.05. The third-order valence-corrected chi connectivity index (χ3v) is 4.98. The first-order chi connectivity index (χ1) is 13.0. The zero-order chi connectivity index (χ0) is 19.1. The molecule has 1 aliphatic rings. The molecule has 27 heavy (non-hydrogen) atoms. The number of fused-ring (bicyclic) bond motifs is 2. The van der Waals surface area contributed by atoms with Crippen molar-refractivity contribution >= 4 is 28.5 Å². The molecule has 0 spiro atoms. The van der Waals surface area contributed by atoms with Gasteiger partial charge in [0.05, 0.1) is 17.2 Å². The zero-order valence-electron chi connectivity index (χ0n) is 15.1. The van der Waals surface area contributed by atoms with Gasteiger partial charge in [0.2, 0.25) is 5.76 Å². The molecular weight excluding hydrogens is 368 g/mol. The second-order valence-corrected chi connectivity index (χ2v) is 7.32. The summed E-state index contributed by atoms with van der Waals surface area (Å²) in [6, 6.07) is 7.75. The lowest BCUT2D eigenvalue weighted by Crippen LogP contribution is -2.32. The average Bonchev–Trinajstić information content (AvgIpc) is 3.24. The Balaban J connectivity index is 1.86. The minimum atomic E-state index is -0.593. The molecule has 3 aromatic rings. The van der Waals surface area contributed by atoms with Crippen molar-refractivity contribution in [1.29, 1.82) is 0 Å². The maximum Gasteiger partial charge on any atom is 0.291 e. The molecule has 0 N–H and O–H groups in total. The lowest BCUT2D eigenvalue weighted by molar-refractivity contribution is 0.0708. The first kappa shape index (κ1) is 17.8. The van der Waals surface area contributed by atoms with Gasteiger partial charge in [-0.25, -0.2) is 0 Å². The van der Waals surface area contributed by atoms with Crippen LogP contribution in [0.3, 0.4) is 0 Å². The standard InChI is InChI=1S/C20H19ClN2O4/c1-22(2)8-4-9-23-17(15-5-3-10-26-15)16-18(24)13-11-12(21)6-7-14(13)27-19(16)20(23)25/h3,5-7,10-11,17H,4,8-9H2,1-2H3. The van der Waals surface area contributed by atoms with Crippen molar-refractivity contribution in [1.82, 2.24) is 9.80 Å². The maximum absolute atomic E-state index is 13.2. The normalized spacial score (nSPS) is 16.5. The molecule has 1 atom stereocenters. The molecule has 1 aromatic carbocycles. The average molecular weight is 387 g/mol. The Morgan fingerprint density at radius 2 is 2.04 bits per heavy atom. The van der Waals surface area contributed by atoms with Gasteiger partial charge in [-0.2, -0.15) is 0 Å². The minimum Gasteiger partial charge on any atom is -0.467 e. The summed E-state index contributed by atoms with van der Waals surface area (Å²) in [5, 5.41) is 0.803. The van der Waals surface area contributed by atoms with E-state index in [0.717, 1.165) is 13.0 Å². The Hall–Kier alpha value is -2.57. The minimum absolute atomic E-state index is 0.0843. The molecule has 7 heteroatoms. The molecule has 1 amide bonds. The van der Waals surface area contributed by atoms with Crippen molar-refractivity contribution < 1.29 is 13.6 Å². The van der Waals surface area contributed by atoms with E-state index in [1.165, 1.54) is 6.26 Å². The van der Waals surface area contributed by atoms with Crippen LogP contribution in [0.1, 0.15) is 34.3 Å². The molecule has 0 saturated heterocycles. The van der Waals surface area contributed by atoms with Gasteiger partial charge in [-0.1, -0.05) is 11.6 Å². The summed E-state index contributed by atoms with van der Waals surface area (Å²) in [7, 11) is 3.96. The fourth-order valence-electron chi connectivity index (χ4n) is 3.52. The summed E-state index contributed by atoms with van der Waals surface area (Å²) < 4.78 is 11.4. The van der Waals surface area contributed by atoms with E-state index in [0.29, 0.717) is 33.9 Å². The highest BCUT2D eigenvalue weighted by molar-refractivity contribution is 6.31. The summed E-state index contributed by atoms with van der Waals surface area (Å²) >= 11 is 6.05. The first-order valence-corrected chi connectivity index (χ1v) is 9.10. The molecule has 3 heterocycles. The van der Waals surface area contributed by atoms with Crippen molar-refractivity contribution in [3.05, 3.63) is 68.9 Å². The van der Waals surface area contributed by atoms with E-state index in [-0.39, 0.29) is 17.1 Å². The predicted octanol–water partition coefficient (Wildman–Crippen LogP) is 3.54. The molecule has 0 radical (unpaired) electrons. The van der Waals surface area contributed by atoms with E-state index in [1.54, 1.807) is 35.2 Å². The molecule has 2 aromatic heterocycles. The van der Waals surface area contributed by atoms with Crippen LogP contribution in [0.2, 0.25) is 5.02 Å². The van der Waals surface area contributed by atoms with Gasteiger partial charge in [-0.3, -0.25) is 9.59 Å². The van der Waals surface area contributed by atoms with Crippen LogP contribution in [0.25, 0.3) is 11.0 Å². The number of nitrogens with zero attached hydrogens (tertiary/aromatic N) is 2. The number of carbonyl (C=O) groups is 1. The number of carbonyl (C=O) groups excluding carboxylic acids is 1. The second-order valence-electron chi connectivity index (χ2n) is 6.89. The molecule has 140 valence electrons. The highest BCUT2D eigenvalue weighted by Crippen LogP contribution is 2.38. The summed E-state index contributed by atoms with van der Waals surface area (Å²) in [6.07, 6.45) is 2.30. The maximum atomic E-state index is 13.2. The Bertz CT molecular complexity index is 1060. The summed E-state index contributed by atoms with van der Waals surface area (Å²) in [6.45, 7) is 1.31. The largest absolute Gasteiger partial charge is 0.467 e. The molecule has 0 fully saturated rings. The van der Waals surface area contributed by atoms with Crippen LogP contribution in [-0.2, 0) is 0 Å². The molecule has 4 rings (SSSR count). The van der Waals surface area contributed by atoms with Crippen molar-refractivity contribution in [3.8, 4) is 0 Å². The summed E-state index contributed by atoms with van der Waals surface area (Å²) in [4.78, 5) is 30.0. The van der Waals surface area contributed by atoms with Gasteiger partial charge in [0, 0.05) is 11.6 Å². The van der Waals surface area contributed by atoms with Crippen LogP contribution in [-0.4, -0.2) is 42.9 Å². The highest BCUT2D eigenvalue weighted by Gasteiger charge is 2.43. The van der Waals surface area contributed by atoms with E-state index in [1.807, 2.05) is 14.1 Å². The van der Waals surface area contributed by atoms with Crippen LogP contribution < -0.4 is 5.43 Å². The van der Waals surface area contributed by atoms with Crippen LogP contribution in [0.4, 0.5) is 0 Å². The Morgan fingerprint density at radius 3 is 2.74 bits per heavy atom. The van der Waals surface area contributed by atoms with Gasteiger partial charge in [-0.05, 0) is 57.4 Å². The molecular formula is C20H19ClN2O4. The highest BCUT2D eigenvalue weighted by atomic mass is 35.5. The van der Waals surface area contributed by atoms with E-state index in [2.05, 4.69) is 4.90 Å². The van der Waals surface area contributed by atoms with Gasteiger partial charge in [-0.15, -0.1) is 0 Å². The Kier molecular flexibility index (Phi) is 4.53. The second kappa shape index (κ2) is 6.87. The van der Waals surface area contributed by atoms with Crippen LogP contribution in [0, 0.1) is 0 Å². The summed E-state index contributed by atoms with van der Waals surface area (Å²) in [5.74, 6) is 0.334. The smallest absolute Gasteiger partial charge is 0.291 e. The van der Waals surface area contributed by atoms with Crippen molar-refractivity contribution in [3.63, 3.8) is 0 Å². The van der Waals surface area contributed by atoms with Crippen LogP contribution in [0.5, 0.6) is 0 Å². The number of furan rings is 1. The molecule has 0 bridgehead atoms. The quantitative estimate of drug-likeness (QED) is 0.671. The number of amides is 1. The topological polar surface area (TPSA) is 66.9 Å². The SMILES string of the molecule is CN(C)CCCN1C(=O)c2oc3ccc(Cl)cc3c(=O)c2C1c1ccco1. The molecule has 1 aliphatic heterocycles. The fourth-order valence-corrected chi connectivity index (χ4v) is 3.70. The molecule has 6 nitrogen and oxygen atoms in total. The van der Waals surface area contributed by atoms with Gasteiger partial charge in [0.15, 0.2) is 5.43 Å². The number of hydrogen-bond acceptors (Lipinski definition) is 5. The monoisotopic (exact) mass is 386 g/mol. The molecule has 1 unspecified atom stereocenters. The Labute approximate surface area is 160 Å². The Morgan fingerprint density at radius 1 is 1.22 bits per heavy atom. The van der Waals surface area contributed by atoms with E-state index < -0.39 is 6.04 Å². The predicted molar refractivity (Wildman–Crippen MR) is 102 cm³/mol. The zero-order valence-corrected chi connectivity index (χ0v) is 15.8. The van der Waals surface area contributed by atoms with Gasteiger partial charge >= 0.3 is 0 Å². The lowest BCUT2D eigenvalue weighted by atomic mass is 10.0. The summed E-state index contributed by atoms with van der Waals surface area (Å²) in [5.41, 5.74) is 0.415. The van der Waals surface area contributed by atoms with Crippen molar-refractivity contribution in [2.75, 3.05) is 27.2 Å². The van der Waals surface area contributed by atoms with E-state index in [9.17, 15) is 9.59 Å². The van der Waals surface area contributed by atoms with Gasteiger partial charge in [0.1, 0.15) is 17.4 Å². The molecule has 0 aliphatic carbocycles. The van der Waals surface area contributed by atoms with Crippen LogP contribution in [0.15, 0.2) is 50.2 Å². The number of rotatable bonds is 5. The van der Waals surface area contributed by atoms with Crippen LogP contribution >= 0.6 is 11.6 Å². The molecule has 0 saturated carbocycles. The number of halogens is 1. The number of hydrogen-bond donors (Lipinski definition) is 0. The number of benzene rings is 1. The van der Waals surface area contributed by atoms with Gasteiger partial charge < -0.3 is 18.6 Å². The lowest BCUT2D eigenvalue weighted by Gasteiger charge is -2.23. The van der Waals surface area contributed by atoms with Crippen molar-refractivity contribution in [2.45, 2.75) is 12.5 Å². The fraction of sp³-hybridized carbons (Fsp3) is 0.300. The third-order valence-electron chi connectivity index (χ3n) is 4.74. The van der Waals surface area contributed by atoms with E-state index in [4.69, 9.17) is 20.4 Å².